The van der Waals surface area contributed by atoms with E-state index in [4.69, 9.17) is 5.11 Å². The number of rotatable bonds is 3. The molecule has 2 atom stereocenters. The highest BCUT2D eigenvalue weighted by molar-refractivity contribution is 5.96. The normalized spacial score (nSPS) is 23.2. The standard InChI is InChI=1S/C12H15N3O4/c1-15-6-7(4-9(15)12(18)19)14-11(17)8-2-3-13-5-10(8)16/h2-3,5,7,9,16H,4,6H2,1H3,(H,14,17)(H,18,19)/t7-,9-/m0/s1. The third-order valence-electron chi connectivity index (χ3n) is 3.21. The van der Waals surface area contributed by atoms with Gasteiger partial charge in [-0.05, 0) is 19.5 Å². The SMILES string of the molecule is CN1C[C@@H](NC(=O)c2ccncc2O)C[C@H]1C(=O)O. The number of hydrogen-bond donors (Lipinski definition) is 3. The van der Waals surface area contributed by atoms with E-state index in [0.717, 1.165) is 0 Å². The van der Waals surface area contributed by atoms with Gasteiger partial charge in [-0.2, -0.15) is 0 Å². The van der Waals surface area contributed by atoms with Crippen LogP contribution in [0.1, 0.15) is 16.8 Å². The van der Waals surface area contributed by atoms with Gasteiger partial charge in [-0.3, -0.25) is 19.5 Å². The van der Waals surface area contributed by atoms with Crippen LogP contribution in [0.3, 0.4) is 0 Å². The predicted octanol–water partition coefficient (Wildman–Crippen LogP) is -0.326. The molecule has 0 aliphatic carbocycles. The first-order chi connectivity index (χ1) is 8.99. The van der Waals surface area contributed by atoms with Crippen LogP contribution in [-0.2, 0) is 4.79 Å². The lowest BCUT2D eigenvalue weighted by molar-refractivity contribution is -0.141. The lowest BCUT2D eigenvalue weighted by Gasteiger charge is -2.13. The maximum Gasteiger partial charge on any atom is 0.320 e. The van der Waals surface area contributed by atoms with Crippen molar-refractivity contribution in [3.63, 3.8) is 0 Å². The van der Waals surface area contributed by atoms with E-state index in [9.17, 15) is 14.7 Å². The Bertz CT molecular complexity index is 506. The summed E-state index contributed by atoms with van der Waals surface area (Å²) in [5.74, 6) is -1.52. The summed E-state index contributed by atoms with van der Waals surface area (Å²) in [6, 6.07) is 0.584. The number of carboxylic acid groups (broad SMARTS) is 1. The molecule has 0 aromatic carbocycles. The molecule has 1 fully saturated rings. The van der Waals surface area contributed by atoms with Gasteiger partial charge in [0.25, 0.3) is 5.91 Å². The number of aliphatic carboxylic acids is 1. The minimum absolute atomic E-state index is 0.136. The molecule has 102 valence electrons. The van der Waals surface area contributed by atoms with Crippen LogP contribution >= 0.6 is 0 Å². The topological polar surface area (TPSA) is 103 Å². The maximum atomic E-state index is 11.9. The summed E-state index contributed by atoms with van der Waals surface area (Å²) in [4.78, 5) is 28.3. The number of carbonyl (C=O) groups excluding carboxylic acids is 1. The molecule has 1 saturated heterocycles. The van der Waals surface area contributed by atoms with E-state index < -0.39 is 17.9 Å². The lowest BCUT2D eigenvalue weighted by atomic mass is 10.1. The quantitative estimate of drug-likeness (QED) is 0.692. The summed E-state index contributed by atoms with van der Waals surface area (Å²) >= 11 is 0. The monoisotopic (exact) mass is 265 g/mol. The Kier molecular flexibility index (Phi) is 3.66. The number of likely N-dealkylation sites (tertiary alicyclic amines) is 1. The summed E-state index contributed by atoms with van der Waals surface area (Å²) in [5.41, 5.74) is 0.136. The zero-order valence-electron chi connectivity index (χ0n) is 10.4. The zero-order chi connectivity index (χ0) is 14.0. The molecule has 0 bridgehead atoms. The van der Waals surface area contributed by atoms with Gasteiger partial charge in [0.15, 0.2) is 0 Å². The molecule has 2 rings (SSSR count). The number of carboxylic acids is 1. The number of amides is 1. The van der Waals surface area contributed by atoms with E-state index in [0.29, 0.717) is 13.0 Å². The van der Waals surface area contributed by atoms with Gasteiger partial charge in [0.05, 0.1) is 11.8 Å². The van der Waals surface area contributed by atoms with Crippen LogP contribution in [-0.4, -0.2) is 57.6 Å². The van der Waals surface area contributed by atoms with Crippen molar-refractivity contribution in [1.82, 2.24) is 15.2 Å². The maximum absolute atomic E-state index is 11.9. The Morgan fingerprint density at radius 3 is 2.84 bits per heavy atom. The number of nitrogens with zero attached hydrogens (tertiary/aromatic N) is 2. The van der Waals surface area contributed by atoms with Gasteiger partial charge in [0.2, 0.25) is 0 Å². The summed E-state index contributed by atoms with van der Waals surface area (Å²) in [5, 5.41) is 21.2. The molecule has 1 amide bonds. The van der Waals surface area contributed by atoms with Gasteiger partial charge >= 0.3 is 5.97 Å². The van der Waals surface area contributed by atoms with Gasteiger partial charge in [-0.15, -0.1) is 0 Å². The summed E-state index contributed by atoms with van der Waals surface area (Å²) < 4.78 is 0. The molecule has 0 unspecified atom stereocenters. The van der Waals surface area contributed by atoms with Gasteiger partial charge < -0.3 is 15.5 Å². The first kappa shape index (κ1) is 13.3. The average Bonchev–Trinajstić information content (AvgIpc) is 2.70. The minimum atomic E-state index is -0.897. The highest BCUT2D eigenvalue weighted by Crippen LogP contribution is 2.18. The molecule has 7 heteroatoms. The van der Waals surface area contributed by atoms with Crippen molar-refractivity contribution < 1.29 is 19.8 Å². The number of aromatic nitrogens is 1. The second kappa shape index (κ2) is 5.23. The van der Waals surface area contributed by atoms with Crippen molar-refractivity contribution in [1.29, 1.82) is 0 Å². The molecule has 7 nitrogen and oxygen atoms in total. The van der Waals surface area contributed by atoms with Crippen molar-refractivity contribution in [3.8, 4) is 5.75 Å². The molecular formula is C12H15N3O4. The van der Waals surface area contributed by atoms with Gasteiger partial charge in [-0.1, -0.05) is 0 Å². The van der Waals surface area contributed by atoms with Crippen LogP contribution in [0.5, 0.6) is 5.75 Å². The molecule has 0 radical (unpaired) electrons. The first-order valence-electron chi connectivity index (χ1n) is 5.86. The van der Waals surface area contributed by atoms with Gasteiger partial charge in [-0.25, -0.2) is 0 Å². The molecular weight excluding hydrogens is 250 g/mol. The number of likely N-dealkylation sites (N-methyl/N-ethyl adjacent to an activating group) is 1. The van der Waals surface area contributed by atoms with Crippen molar-refractivity contribution in [3.05, 3.63) is 24.0 Å². The van der Waals surface area contributed by atoms with E-state index in [1.165, 1.54) is 18.5 Å². The molecule has 2 heterocycles. The minimum Gasteiger partial charge on any atom is -0.505 e. The van der Waals surface area contributed by atoms with Crippen LogP contribution in [0.4, 0.5) is 0 Å². The van der Waals surface area contributed by atoms with Gasteiger partial charge in [0.1, 0.15) is 11.8 Å². The van der Waals surface area contributed by atoms with E-state index in [2.05, 4.69) is 10.3 Å². The Labute approximate surface area is 109 Å². The molecule has 1 aliphatic rings. The average molecular weight is 265 g/mol. The number of carbonyl (C=O) groups is 2. The fourth-order valence-corrected chi connectivity index (χ4v) is 2.23. The van der Waals surface area contributed by atoms with Crippen molar-refractivity contribution in [2.75, 3.05) is 13.6 Å². The third-order valence-corrected chi connectivity index (χ3v) is 3.21. The van der Waals surface area contributed by atoms with Gasteiger partial charge in [0, 0.05) is 18.8 Å². The largest absolute Gasteiger partial charge is 0.505 e. The number of pyridine rings is 1. The van der Waals surface area contributed by atoms with Crippen molar-refractivity contribution in [2.45, 2.75) is 18.5 Å². The predicted molar refractivity (Wildman–Crippen MR) is 65.8 cm³/mol. The highest BCUT2D eigenvalue weighted by Gasteiger charge is 2.35. The van der Waals surface area contributed by atoms with E-state index >= 15 is 0 Å². The van der Waals surface area contributed by atoms with Crippen LogP contribution < -0.4 is 5.32 Å². The molecule has 1 aliphatic heterocycles. The molecule has 19 heavy (non-hydrogen) atoms. The number of hydrogen-bond acceptors (Lipinski definition) is 5. The van der Waals surface area contributed by atoms with E-state index in [1.54, 1.807) is 11.9 Å². The number of nitrogens with one attached hydrogen (secondary N) is 1. The number of aromatic hydroxyl groups is 1. The summed E-state index contributed by atoms with van der Waals surface area (Å²) in [6.45, 7) is 0.467. The summed E-state index contributed by atoms with van der Waals surface area (Å²) in [6.07, 6.45) is 2.95. The van der Waals surface area contributed by atoms with Crippen molar-refractivity contribution in [2.24, 2.45) is 0 Å². The molecule has 1 aromatic heterocycles. The molecule has 1 aromatic rings. The third kappa shape index (κ3) is 2.82. The molecule has 0 spiro atoms. The fourth-order valence-electron chi connectivity index (χ4n) is 2.23. The molecule has 0 saturated carbocycles. The van der Waals surface area contributed by atoms with E-state index in [-0.39, 0.29) is 17.4 Å². The van der Waals surface area contributed by atoms with Crippen LogP contribution in [0.25, 0.3) is 0 Å². The van der Waals surface area contributed by atoms with Crippen LogP contribution in [0.2, 0.25) is 0 Å². The first-order valence-corrected chi connectivity index (χ1v) is 5.86. The van der Waals surface area contributed by atoms with E-state index in [1.807, 2.05) is 0 Å². The Morgan fingerprint density at radius 2 is 2.26 bits per heavy atom. The van der Waals surface area contributed by atoms with Crippen molar-refractivity contribution >= 4 is 11.9 Å². The summed E-state index contributed by atoms with van der Waals surface area (Å²) in [7, 11) is 1.70. The second-order valence-electron chi connectivity index (χ2n) is 4.59. The lowest BCUT2D eigenvalue weighted by Crippen LogP contribution is -2.36. The van der Waals surface area contributed by atoms with Crippen LogP contribution in [0, 0.1) is 0 Å². The second-order valence-corrected chi connectivity index (χ2v) is 4.59. The Morgan fingerprint density at radius 1 is 1.53 bits per heavy atom. The zero-order valence-corrected chi connectivity index (χ0v) is 10.4. The fraction of sp³-hybridized carbons (Fsp3) is 0.417. The Hall–Kier alpha value is -2.15. The smallest absolute Gasteiger partial charge is 0.320 e. The highest BCUT2D eigenvalue weighted by atomic mass is 16.4. The molecule has 3 N–H and O–H groups in total. The Balaban J connectivity index is 2.02. The van der Waals surface area contributed by atoms with Crippen LogP contribution in [0.15, 0.2) is 18.5 Å².